The highest BCUT2D eigenvalue weighted by Crippen LogP contribution is 2.24. The number of halogens is 2. The Morgan fingerprint density at radius 1 is 1.03 bits per heavy atom. The molecule has 0 saturated carbocycles. The number of furan rings is 1. The summed E-state index contributed by atoms with van der Waals surface area (Å²) in [5.74, 6) is -3.10. The molecule has 0 aliphatic carbocycles. The first-order chi connectivity index (χ1) is 16.2. The minimum atomic E-state index is -3.96. The lowest BCUT2D eigenvalue weighted by Crippen LogP contribution is -2.51. The van der Waals surface area contributed by atoms with Gasteiger partial charge in [-0.15, -0.1) is 0 Å². The van der Waals surface area contributed by atoms with E-state index >= 15 is 0 Å². The zero-order valence-electron chi connectivity index (χ0n) is 18.7. The molecule has 1 aliphatic rings. The van der Waals surface area contributed by atoms with E-state index in [2.05, 4.69) is 4.90 Å². The van der Waals surface area contributed by atoms with Crippen molar-refractivity contribution < 1.29 is 26.4 Å². The Morgan fingerprint density at radius 3 is 2.44 bits per heavy atom. The minimum absolute atomic E-state index is 0.189. The molecule has 0 bridgehead atoms. The van der Waals surface area contributed by atoms with E-state index in [1.165, 1.54) is 10.6 Å². The number of amides is 1. The van der Waals surface area contributed by atoms with E-state index in [-0.39, 0.29) is 25.3 Å². The smallest absolute Gasteiger partial charge is 0.244 e. The van der Waals surface area contributed by atoms with Crippen LogP contribution in [0.25, 0.3) is 0 Å². The molecule has 0 unspecified atom stereocenters. The van der Waals surface area contributed by atoms with Crippen LogP contribution in [0.1, 0.15) is 11.3 Å². The third-order valence-electron chi connectivity index (χ3n) is 5.70. The van der Waals surface area contributed by atoms with E-state index in [4.69, 9.17) is 4.42 Å². The van der Waals surface area contributed by atoms with Gasteiger partial charge in [0.25, 0.3) is 0 Å². The normalized spacial score (nSPS) is 14.9. The number of rotatable bonds is 7. The van der Waals surface area contributed by atoms with Crippen LogP contribution in [0.5, 0.6) is 0 Å². The van der Waals surface area contributed by atoms with Gasteiger partial charge in [-0.3, -0.25) is 4.79 Å². The third kappa shape index (κ3) is 5.45. The van der Waals surface area contributed by atoms with Crippen LogP contribution in [0.2, 0.25) is 0 Å². The summed E-state index contributed by atoms with van der Waals surface area (Å²) < 4.78 is 60.5. The predicted octanol–water partition coefficient (Wildman–Crippen LogP) is 3.55. The fourth-order valence-corrected chi connectivity index (χ4v) is 5.31. The maximum Gasteiger partial charge on any atom is 0.244 e. The van der Waals surface area contributed by atoms with Crippen LogP contribution in [-0.2, 0) is 21.4 Å². The number of carbonyl (C=O) groups excluding carboxylic acids is 1. The molecule has 7 nitrogen and oxygen atoms in total. The van der Waals surface area contributed by atoms with Crippen molar-refractivity contribution in [3.8, 4) is 0 Å². The standard InChI is InChI=1S/C24H25F2N3O4S/c1-18-4-2-5-20(14-18)27-9-11-28(12-10-27)34(31,32)17-24(30)29(16-21-6-3-13-33-21)23-8-7-19(25)15-22(23)26/h2-8,13-15H,9-12,16-17H2,1H3. The van der Waals surface area contributed by atoms with Gasteiger partial charge in [0, 0.05) is 37.9 Å². The molecule has 4 rings (SSSR count). The van der Waals surface area contributed by atoms with Gasteiger partial charge < -0.3 is 14.2 Å². The molecule has 2 heterocycles. The highest BCUT2D eigenvalue weighted by Gasteiger charge is 2.32. The Kier molecular flexibility index (Phi) is 6.99. The molecule has 0 spiro atoms. The maximum atomic E-state index is 14.5. The molecule has 0 radical (unpaired) electrons. The molecule has 180 valence electrons. The van der Waals surface area contributed by atoms with Crippen molar-refractivity contribution in [1.29, 1.82) is 0 Å². The summed E-state index contributed by atoms with van der Waals surface area (Å²) in [6, 6.07) is 13.9. The molecule has 3 aromatic rings. The van der Waals surface area contributed by atoms with Crippen LogP contribution < -0.4 is 9.80 Å². The second-order valence-corrected chi connectivity index (χ2v) is 10.1. The largest absolute Gasteiger partial charge is 0.467 e. The lowest BCUT2D eigenvalue weighted by atomic mass is 10.2. The number of carbonyl (C=O) groups is 1. The second-order valence-electron chi connectivity index (χ2n) is 8.14. The summed E-state index contributed by atoms with van der Waals surface area (Å²) in [6.07, 6.45) is 1.39. The van der Waals surface area contributed by atoms with Crippen LogP contribution in [0.3, 0.4) is 0 Å². The minimum Gasteiger partial charge on any atom is -0.467 e. The Balaban J connectivity index is 1.48. The number of benzene rings is 2. The first-order valence-corrected chi connectivity index (χ1v) is 12.4. The lowest BCUT2D eigenvalue weighted by molar-refractivity contribution is -0.116. The number of anilines is 2. The predicted molar refractivity (Wildman–Crippen MR) is 125 cm³/mol. The van der Waals surface area contributed by atoms with Gasteiger partial charge in [-0.2, -0.15) is 4.31 Å². The Hall–Kier alpha value is -3.24. The molecule has 1 aromatic heterocycles. The molecule has 1 amide bonds. The summed E-state index contributed by atoms with van der Waals surface area (Å²) >= 11 is 0. The van der Waals surface area contributed by atoms with Crippen LogP contribution in [-0.4, -0.2) is 50.6 Å². The monoisotopic (exact) mass is 489 g/mol. The number of hydrogen-bond acceptors (Lipinski definition) is 5. The second kappa shape index (κ2) is 9.94. The van der Waals surface area contributed by atoms with Crippen LogP contribution in [0.15, 0.2) is 65.3 Å². The van der Waals surface area contributed by atoms with Gasteiger partial charge >= 0.3 is 0 Å². The Bertz CT molecular complexity index is 1260. The van der Waals surface area contributed by atoms with Crippen molar-refractivity contribution in [2.45, 2.75) is 13.5 Å². The third-order valence-corrected chi connectivity index (χ3v) is 7.46. The van der Waals surface area contributed by atoms with E-state index in [0.717, 1.165) is 28.3 Å². The number of aryl methyl sites for hydroxylation is 1. The Labute approximate surface area is 197 Å². The van der Waals surface area contributed by atoms with Crippen molar-refractivity contribution >= 4 is 27.3 Å². The van der Waals surface area contributed by atoms with Gasteiger partial charge in [-0.1, -0.05) is 12.1 Å². The highest BCUT2D eigenvalue weighted by atomic mass is 32.2. The van der Waals surface area contributed by atoms with Crippen molar-refractivity contribution in [1.82, 2.24) is 4.31 Å². The van der Waals surface area contributed by atoms with E-state index in [1.54, 1.807) is 12.1 Å². The molecule has 2 aromatic carbocycles. The number of piperazine rings is 1. The van der Waals surface area contributed by atoms with Gasteiger partial charge in [0.1, 0.15) is 23.1 Å². The topological polar surface area (TPSA) is 74.1 Å². The molecule has 1 fully saturated rings. The van der Waals surface area contributed by atoms with Crippen LogP contribution in [0, 0.1) is 18.6 Å². The van der Waals surface area contributed by atoms with Gasteiger partial charge in [-0.25, -0.2) is 17.2 Å². The van der Waals surface area contributed by atoms with Crippen LogP contribution in [0.4, 0.5) is 20.2 Å². The summed E-state index contributed by atoms with van der Waals surface area (Å²) in [4.78, 5) is 16.2. The van der Waals surface area contributed by atoms with Gasteiger partial charge in [0.2, 0.25) is 15.9 Å². The van der Waals surface area contributed by atoms with Crippen molar-refractivity contribution in [3.63, 3.8) is 0 Å². The van der Waals surface area contributed by atoms with E-state index < -0.39 is 33.3 Å². The molecule has 34 heavy (non-hydrogen) atoms. The first-order valence-electron chi connectivity index (χ1n) is 10.8. The molecular formula is C24H25F2N3O4S. The van der Waals surface area contributed by atoms with Gasteiger partial charge in [-0.05, 0) is 48.9 Å². The molecule has 1 aliphatic heterocycles. The number of nitrogens with zero attached hydrogens (tertiary/aromatic N) is 3. The number of hydrogen-bond donors (Lipinski definition) is 0. The lowest BCUT2D eigenvalue weighted by Gasteiger charge is -2.35. The van der Waals surface area contributed by atoms with Crippen molar-refractivity contribution in [2.75, 3.05) is 41.7 Å². The summed E-state index contributed by atoms with van der Waals surface area (Å²) in [5.41, 5.74) is 1.91. The zero-order chi connectivity index (χ0) is 24.3. The van der Waals surface area contributed by atoms with Crippen LogP contribution >= 0.6 is 0 Å². The summed E-state index contributed by atoms with van der Waals surface area (Å²) in [7, 11) is -3.96. The highest BCUT2D eigenvalue weighted by molar-refractivity contribution is 7.89. The first kappa shape index (κ1) is 23.9. The molecular weight excluding hydrogens is 464 g/mol. The summed E-state index contributed by atoms with van der Waals surface area (Å²) in [6.45, 7) is 3.23. The molecule has 0 atom stereocenters. The molecule has 10 heteroatoms. The SMILES string of the molecule is Cc1cccc(N2CCN(S(=O)(=O)CC(=O)N(Cc3ccco3)c3ccc(F)cc3F)CC2)c1. The van der Waals surface area contributed by atoms with Gasteiger partial charge in [0.15, 0.2) is 0 Å². The average Bonchev–Trinajstić information content (AvgIpc) is 3.31. The van der Waals surface area contributed by atoms with Crippen molar-refractivity contribution in [3.05, 3.63) is 83.8 Å². The van der Waals surface area contributed by atoms with Gasteiger partial charge in [0.05, 0.1) is 18.5 Å². The fraction of sp³-hybridized carbons (Fsp3) is 0.292. The quantitative estimate of drug-likeness (QED) is 0.508. The molecule has 1 saturated heterocycles. The number of sulfonamides is 1. The average molecular weight is 490 g/mol. The van der Waals surface area contributed by atoms with Crippen molar-refractivity contribution in [2.24, 2.45) is 0 Å². The summed E-state index contributed by atoms with van der Waals surface area (Å²) in [5, 5.41) is 0. The molecule has 0 N–H and O–H groups in total. The zero-order valence-corrected chi connectivity index (χ0v) is 19.5. The fourth-order valence-electron chi connectivity index (χ4n) is 3.94. The van der Waals surface area contributed by atoms with E-state index in [1.807, 2.05) is 31.2 Å². The van der Waals surface area contributed by atoms with E-state index in [9.17, 15) is 22.0 Å². The van der Waals surface area contributed by atoms with E-state index in [0.29, 0.717) is 24.9 Å². The maximum absolute atomic E-state index is 14.5. The Morgan fingerprint density at radius 2 is 1.79 bits per heavy atom.